The first-order valence-corrected chi connectivity index (χ1v) is 12.3. The Morgan fingerprint density at radius 2 is 1.49 bits per heavy atom. The third kappa shape index (κ3) is 4.66. The summed E-state index contributed by atoms with van der Waals surface area (Å²) in [7, 11) is 0. The van der Waals surface area contributed by atoms with Crippen LogP contribution in [-0.4, -0.2) is 30.6 Å². The summed E-state index contributed by atoms with van der Waals surface area (Å²) in [5.74, 6) is -0.408. The molecule has 3 atom stereocenters. The highest BCUT2D eigenvalue weighted by Crippen LogP contribution is 2.41. The van der Waals surface area contributed by atoms with Crippen molar-refractivity contribution >= 4 is 23.2 Å². The summed E-state index contributed by atoms with van der Waals surface area (Å²) in [5, 5.41) is 1.75. The molecule has 0 saturated carbocycles. The maximum atomic E-state index is 13.7. The number of nitrogens with zero attached hydrogens (tertiary/aromatic N) is 2. The maximum Gasteiger partial charge on any atom is 0.266 e. The number of hydrogen-bond donors (Lipinski definition) is 0. The van der Waals surface area contributed by atoms with Crippen molar-refractivity contribution < 1.29 is 19.2 Å². The number of imide groups is 1. The molecule has 0 aliphatic carbocycles. The van der Waals surface area contributed by atoms with Crippen LogP contribution in [-0.2, 0) is 20.8 Å². The molecule has 2 amide bonds. The highest BCUT2D eigenvalue weighted by atomic mass is 16.7. The summed E-state index contributed by atoms with van der Waals surface area (Å²) in [6, 6.07) is 26.5. The molecule has 3 aromatic carbocycles. The third-order valence-electron chi connectivity index (χ3n) is 6.65. The first-order chi connectivity index (χ1) is 17.2. The Morgan fingerprint density at radius 3 is 2.17 bits per heavy atom. The van der Waals surface area contributed by atoms with E-state index in [4.69, 9.17) is 9.57 Å². The van der Waals surface area contributed by atoms with Gasteiger partial charge in [-0.1, -0.05) is 68.3 Å². The SMILES string of the molecule is CCCCCOc1ccc(N2C(=O)[C@@H]3[C@@H](Cc4ccccc4)N(c4ccccc4)O[C@H]3C2=O)cc1. The van der Waals surface area contributed by atoms with Gasteiger partial charge < -0.3 is 4.74 Å². The lowest BCUT2D eigenvalue weighted by molar-refractivity contribution is -0.126. The van der Waals surface area contributed by atoms with Gasteiger partial charge in [0.1, 0.15) is 11.7 Å². The zero-order valence-electron chi connectivity index (χ0n) is 19.9. The maximum absolute atomic E-state index is 13.7. The Balaban J connectivity index is 1.38. The minimum absolute atomic E-state index is 0.226. The molecule has 3 aromatic rings. The number of hydrogen-bond acceptors (Lipinski definition) is 5. The minimum Gasteiger partial charge on any atom is -0.494 e. The first-order valence-electron chi connectivity index (χ1n) is 12.3. The molecule has 2 aliphatic heterocycles. The van der Waals surface area contributed by atoms with Crippen LogP contribution < -0.4 is 14.7 Å². The fourth-order valence-electron chi connectivity index (χ4n) is 4.87. The fourth-order valence-corrected chi connectivity index (χ4v) is 4.87. The van der Waals surface area contributed by atoms with Gasteiger partial charge in [-0.15, -0.1) is 0 Å². The molecule has 2 aliphatic rings. The van der Waals surface area contributed by atoms with Crippen LogP contribution in [0.1, 0.15) is 31.7 Å². The topological polar surface area (TPSA) is 59.1 Å². The van der Waals surface area contributed by atoms with E-state index in [9.17, 15) is 9.59 Å². The van der Waals surface area contributed by atoms with Crippen molar-refractivity contribution in [2.45, 2.75) is 44.8 Å². The Hall–Kier alpha value is -3.64. The van der Waals surface area contributed by atoms with E-state index in [1.165, 1.54) is 4.90 Å². The lowest BCUT2D eigenvalue weighted by Gasteiger charge is -2.28. The quantitative estimate of drug-likeness (QED) is 0.319. The number of amides is 2. The minimum atomic E-state index is -0.846. The number of fused-ring (bicyclic) bond motifs is 1. The summed E-state index contributed by atoms with van der Waals surface area (Å²) >= 11 is 0. The van der Waals surface area contributed by atoms with Crippen LogP contribution in [0.15, 0.2) is 84.9 Å². The van der Waals surface area contributed by atoms with Crippen LogP contribution in [0.25, 0.3) is 0 Å². The Bertz CT molecular complexity index is 1150. The average Bonchev–Trinajstić information content (AvgIpc) is 3.38. The van der Waals surface area contributed by atoms with E-state index < -0.39 is 12.0 Å². The Morgan fingerprint density at radius 1 is 0.800 bits per heavy atom. The average molecular weight is 471 g/mol. The van der Waals surface area contributed by atoms with Crippen molar-refractivity contribution in [3.8, 4) is 5.75 Å². The molecule has 0 radical (unpaired) electrons. The van der Waals surface area contributed by atoms with E-state index >= 15 is 0 Å². The molecular formula is C29H30N2O4. The third-order valence-corrected chi connectivity index (χ3v) is 6.65. The lowest BCUT2D eigenvalue weighted by atomic mass is 9.91. The standard InChI is InChI=1S/C29H30N2O4/c1-2-3-10-19-34-24-17-15-22(16-18-24)30-28(32)26-25(20-21-11-6-4-7-12-21)31(35-27(26)29(30)33)23-13-8-5-9-14-23/h4-9,11-18,25-27H,2-3,10,19-20H2,1H3/t25-,26-,27-/m1/s1. The normalized spacial score (nSPS) is 21.5. The predicted molar refractivity (Wildman–Crippen MR) is 135 cm³/mol. The van der Waals surface area contributed by atoms with E-state index in [1.807, 2.05) is 72.8 Å². The van der Waals surface area contributed by atoms with Crippen molar-refractivity contribution in [2.75, 3.05) is 16.6 Å². The molecule has 0 bridgehead atoms. The van der Waals surface area contributed by atoms with Gasteiger partial charge in [0.15, 0.2) is 6.10 Å². The van der Waals surface area contributed by atoms with Crippen molar-refractivity contribution in [1.82, 2.24) is 0 Å². The van der Waals surface area contributed by atoms with E-state index in [0.717, 1.165) is 36.3 Å². The van der Waals surface area contributed by atoms with Gasteiger partial charge >= 0.3 is 0 Å². The van der Waals surface area contributed by atoms with Crippen LogP contribution >= 0.6 is 0 Å². The summed E-state index contributed by atoms with van der Waals surface area (Å²) < 4.78 is 5.78. The molecule has 5 rings (SSSR count). The van der Waals surface area contributed by atoms with Crippen molar-refractivity contribution in [3.63, 3.8) is 0 Å². The molecule has 2 saturated heterocycles. The summed E-state index contributed by atoms with van der Waals surface area (Å²) in [4.78, 5) is 34.6. The van der Waals surface area contributed by atoms with Crippen LogP contribution in [0.2, 0.25) is 0 Å². The van der Waals surface area contributed by atoms with E-state index in [2.05, 4.69) is 6.92 Å². The predicted octanol–water partition coefficient (Wildman–Crippen LogP) is 5.18. The summed E-state index contributed by atoms with van der Waals surface area (Å²) in [6.07, 6.45) is 3.01. The molecule has 180 valence electrons. The highest BCUT2D eigenvalue weighted by molar-refractivity contribution is 6.23. The molecule has 0 spiro atoms. The van der Waals surface area contributed by atoms with Crippen molar-refractivity contribution in [2.24, 2.45) is 5.92 Å². The van der Waals surface area contributed by atoms with Crippen molar-refractivity contribution in [1.29, 1.82) is 0 Å². The largest absolute Gasteiger partial charge is 0.494 e. The smallest absolute Gasteiger partial charge is 0.266 e. The molecule has 35 heavy (non-hydrogen) atoms. The Labute approximate surface area is 206 Å². The van der Waals surface area contributed by atoms with Crippen LogP contribution in [0.3, 0.4) is 0 Å². The zero-order valence-corrected chi connectivity index (χ0v) is 19.9. The zero-order chi connectivity index (χ0) is 24.2. The van der Waals surface area contributed by atoms with E-state index in [-0.39, 0.29) is 17.9 Å². The fraction of sp³-hybridized carbons (Fsp3) is 0.310. The number of anilines is 2. The summed E-state index contributed by atoms with van der Waals surface area (Å²) in [5.41, 5.74) is 2.47. The van der Waals surface area contributed by atoms with E-state index in [0.29, 0.717) is 18.7 Å². The lowest BCUT2D eigenvalue weighted by Crippen LogP contribution is -2.41. The molecule has 2 heterocycles. The number of carbonyl (C=O) groups excluding carboxylic acids is 2. The number of ether oxygens (including phenoxy) is 1. The van der Waals surface area contributed by atoms with Gasteiger partial charge in [-0.3, -0.25) is 14.4 Å². The Kier molecular flexibility index (Phi) is 6.82. The number of rotatable bonds is 9. The van der Waals surface area contributed by atoms with Gasteiger partial charge in [-0.05, 0) is 54.8 Å². The van der Waals surface area contributed by atoms with Gasteiger partial charge in [0.05, 0.1) is 24.0 Å². The molecule has 6 nitrogen and oxygen atoms in total. The molecule has 0 aromatic heterocycles. The summed E-state index contributed by atoms with van der Waals surface area (Å²) in [6.45, 7) is 2.81. The molecule has 0 N–H and O–H groups in total. The number of benzene rings is 3. The number of hydroxylamine groups is 1. The second kappa shape index (κ2) is 10.3. The first kappa shape index (κ1) is 23.1. The van der Waals surface area contributed by atoms with Gasteiger partial charge in [0, 0.05) is 0 Å². The number of para-hydroxylation sites is 1. The van der Waals surface area contributed by atoms with E-state index in [1.54, 1.807) is 17.2 Å². The molecule has 2 fully saturated rings. The van der Waals surface area contributed by atoms with Crippen molar-refractivity contribution in [3.05, 3.63) is 90.5 Å². The van der Waals surface area contributed by atoms with Crippen LogP contribution in [0, 0.1) is 5.92 Å². The van der Waals surface area contributed by atoms with Gasteiger partial charge in [0.25, 0.3) is 5.91 Å². The highest BCUT2D eigenvalue weighted by Gasteiger charge is 2.59. The van der Waals surface area contributed by atoms with Crippen LogP contribution in [0.5, 0.6) is 5.75 Å². The second-order valence-electron chi connectivity index (χ2n) is 9.03. The monoisotopic (exact) mass is 470 g/mol. The number of unbranched alkanes of at least 4 members (excludes halogenated alkanes) is 2. The van der Waals surface area contributed by atoms with Crippen LogP contribution in [0.4, 0.5) is 11.4 Å². The number of carbonyl (C=O) groups is 2. The molecular weight excluding hydrogens is 440 g/mol. The van der Waals surface area contributed by atoms with Gasteiger partial charge in [0.2, 0.25) is 5.91 Å². The molecule has 0 unspecified atom stereocenters. The van der Waals surface area contributed by atoms with Gasteiger partial charge in [-0.25, -0.2) is 9.96 Å². The molecule has 6 heteroatoms. The second-order valence-corrected chi connectivity index (χ2v) is 9.03. The van der Waals surface area contributed by atoms with Gasteiger partial charge in [-0.2, -0.15) is 0 Å².